The van der Waals surface area contributed by atoms with Crippen molar-refractivity contribution in [3.05, 3.63) is 23.1 Å². The Morgan fingerprint density at radius 1 is 1.26 bits per heavy atom. The van der Waals surface area contributed by atoms with Crippen molar-refractivity contribution in [2.45, 2.75) is 51.0 Å². The van der Waals surface area contributed by atoms with Crippen LogP contribution in [0.5, 0.6) is 0 Å². The van der Waals surface area contributed by atoms with Crippen LogP contribution in [0.4, 0.5) is 0 Å². The van der Waals surface area contributed by atoms with Gasteiger partial charge in [0.2, 0.25) is 0 Å². The largest absolute Gasteiger partial charge is 0.306 e. The normalized spacial score (nSPS) is 28.7. The first-order valence-corrected chi connectivity index (χ1v) is 9.80. The summed E-state index contributed by atoms with van der Waals surface area (Å²) in [6.45, 7) is 9.50. The van der Waals surface area contributed by atoms with Gasteiger partial charge in [-0.25, -0.2) is 4.98 Å². The molecule has 0 amide bonds. The van der Waals surface area contributed by atoms with E-state index in [1.807, 2.05) is 11.3 Å². The Labute approximate surface area is 143 Å². The summed E-state index contributed by atoms with van der Waals surface area (Å²) < 4.78 is 2.26. The maximum atomic E-state index is 4.98. The molecule has 2 aromatic heterocycles. The Morgan fingerprint density at radius 2 is 2.04 bits per heavy atom. The van der Waals surface area contributed by atoms with Crippen molar-refractivity contribution in [1.29, 1.82) is 0 Å². The molecule has 2 saturated heterocycles. The van der Waals surface area contributed by atoms with E-state index in [4.69, 9.17) is 4.98 Å². The number of rotatable bonds is 2. The molecule has 4 heterocycles. The SMILES string of the molecule is Cc1nc(C2(C)CCCN(C3CCN(C)CC3)C2)c2sccn12. The fraction of sp³-hybridized carbons (Fsp3) is 0.722. The number of thiazole rings is 1. The number of aryl methyl sites for hydroxylation is 1. The van der Waals surface area contributed by atoms with Gasteiger partial charge in [-0.3, -0.25) is 9.30 Å². The van der Waals surface area contributed by atoms with Crippen LogP contribution in [0, 0.1) is 6.92 Å². The molecular weight excluding hydrogens is 304 g/mol. The molecule has 5 heteroatoms. The number of hydrogen-bond donors (Lipinski definition) is 0. The van der Waals surface area contributed by atoms with E-state index >= 15 is 0 Å². The Bertz CT molecular complexity index is 682. The second-order valence-corrected chi connectivity index (χ2v) is 8.65. The van der Waals surface area contributed by atoms with E-state index in [1.54, 1.807) is 0 Å². The van der Waals surface area contributed by atoms with Crippen molar-refractivity contribution in [2.75, 3.05) is 33.2 Å². The fourth-order valence-electron chi connectivity index (χ4n) is 4.51. The molecule has 4 nitrogen and oxygen atoms in total. The molecule has 0 aliphatic carbocycles. The highest BCUT2D eigenvalue weighted by Crippen LogP contribution is 2.38. The second kappa shape index (κ2) is 5.87. The number of piperidine rings is 2. The number of fused-ring (bicyclic) bond motifs is 1. The third-order valence-electron chi connectivity index (χ3n) is 5.94. The molecule has 0 spiro atoms. The minimum absolute atomic E-state index is 0.200. The van der Waals surface area contributed by atoms with Crippen molar-refractivity contribution in [2.24, 2.45) is 0 Å². The highest BCUT2D eigenvalue weighted by Gasteiger charge is 2.39. The lowest BCUT2D eigenvalue weighted by Gasteiger charge is -2.45. The maximum absolute atomic E-state index is 4.98. The quantitative estimate of drug-likeness (QED) is 0.844. The van der Waals surface area contributed by atoms with Gasteiger partial charge in [0.05, 0.1) is 5.69 Å². The molecule has 23 heavy (non-hydrogen) atoms. The zero-order valence-electron chi connectivity index (χ0n) is 14.6. The van der Waals surface area contributed by atoms with Gasteiger partial charge in [0.25, 0.3) is 0 Å². The molecule has 0 aromatic carbocycles. The summed E-state index contributed by atoms with van der Waals surface area (Å²) in [7, 11) is 2.25. The van der Waals surface area contributed by atoms with Gasteiger partial charge < -0.3 is 4.90 Å². The van der Waals surface area contributed by atoms with Crippen LogP contribution in [0.3, 0.4) is 0 Å². The standard InChI is InChI=1S/C18H28N4S/c1-14-19-16(17-22(14)11-12-23-17)18(2)7-4-8-21(13-18)15-5-9-20(3)10-6-15/h11-12,15H,4-10,13H2,1-3H3. The zero-order valence-corrected chi connectivity index (χ0v) is 15.4. The first-order valence-electron chi connectivity index (χ1n) is 8.92. The van der Waals surface area contributed by atoms with Crippen LogP contribution >= 0.6 is 11.3 Å². The molecule has 0 bridgehead atoms. The van der Waals surface area contributed by atoms with Crippen LogP contribution in [0.1, 0.15) is 44.1 Å². The molecular formula is C18H28N4S. The van der Waals surface area contributed by atoms with Gasteiger partial charge in [-0.2, -0.15) is 0 Å². The number of likely N-dealkylation sites (tertiary alicyclic amines) is 2. The zero-order chi connectivity index (χ0) is 16.0. The van der Waals surface area contributed by atoms with E-state index < -0.39 is 0 Å². The predicted molar refractivity (Wildman–Crippen MR) is 96.5 cm³/mol. The number of nitrogens with zero attached hydrogens (tertiary/aromatic N) is 4. The number of hydrogen-bond acceptors (Lipinski definition) is 4. The van der Waals surface area contributed by atoms with Crippen LogP contribution in [-0.2, 0) is 5.41 Å². The molecule has 2 aliphatic rings. The van der Waals surface area contributed by atoms with E-state index in [0.717, 1.165) is 11.9 Å². The van der Waals surface area contributed by atoms with Gasteiger partial charge in [-0.15, -0.1) is 11.3 Å². The second-order valence-electron chi connectivity index (χ2n) is 7.75. The van der Waals surface area contributed by atoms with Gasteiger partial charge in [0.1, 0.15) is 10.7 Å². The van der Waals surface area contributed by atoms with Crippen molar-refractivity contribution >= 4 is 16.2 Å². The minimum Gasteiger partial charge on any atom is -0.306 e. The molecule has 126 valence electrons. The number of imidazole rings is 1. The van der Waals surface area contributed by atoms with Crippen LogP contribution in [0.2, 0.25) is 0 Å². The summed E-state index contributed by atoms with van der Waals surface area (Å²) in [5.41, 5.74) is 1.54. The minimum atomic E-state index is 0.200. The third kappa shape index (κ3) is 2.73. The Kier molecular flexibility index (Phi) is 3.98. The monoisotopic (exact) mass is 332 g/mol. The van der Waals surface area contributed by atoms with E-state index in [0.29, 0.717) is 0 Å². The van der Waals surface area contributed by atoms with Gasteiger partial charge in [0.15, 0.2) is 0 Å². The molecule has 4 rings (SSSR count). The molecule has 0 radical (unpaired) electrons. The average molecular weight is 333 g/mol. The Balaban J connectivity index is 1.59. The molecule has 0 N–H and O–H groups in total. The summed E-state index contributed by atoms with van der Waals surface area (Å²) in [4.78, 5) is 11.6. The smallest absolute Gasteiger partial charge is 0.123 e. The van der Waals surface area contributed by atoms with Crippen molar-refractivity contribution in [1.82, 2.24) is 19.2 Å². The van der Waals surface area contributed by atoms with Crippen molar-refractivity contribution in [3.8, 4) is 0 Å². The maximum Gasteiger partial charge on any atom is 0.123 e. The molecule has 2 aromatic rings. The molecule has 1 atom stereocenters. The summed E-state index contributed by atoms with van der Waals surface area (Å²) >= 11 is 1.84. The highest BCUT2D eigenvalue weighted by atomic mass is 32.1. The van der Waals surface area contributed by atoms with Crippen molar-refractivity contribution in [3.63, 3.8) is 0 Å². The van der Waals surface area contributed by atoms with Gasteiger partial charge in [-0.1, -0.05) is 6.92 Å². The van der Waals surface area contributed by atoms with E-state index in [1.165, 1.54) is 62.4 Å². The van der Waals surface area contributed by atoms with Crippen LogP contribution < -0.4 is 0 Å². The van der Waals surface area contributed by atoms with E-state index in [2.05, 4.69) is 46.7 Å². The lowest BCUT2D eigenvalue weighted by molar-refractivity contribution is 0.0694. The van der Waals surface area contributed by atoms with Crippen LogP contribution in [0.25, 0.3) is 4.83 Å². The van der Waals surface area contributed by atoms with E-state index in [9.17, 15) is 0 Å². The topological polar surface area (TPSA) is 23.8 Å². The predicted octanol–water partition coefficient (Wildman–Crippen LogP) is 3.15. The first-order chi connectivity index (χ1) is 11.1. The summed E-state index contributed by atoms with van der Waals surface area (Å²) in [5.74, 6) is 1.13. The summed E-state index contributed by atoms with van der Waals surface area (Å²) in [6.07, 6.45) is 7.37. The summed E-state index contributed by atoms with van der Waals surface area (Å²) in [6, 6.07) is 0.772. The van der Waals surface area contributed by atoms with Gasteiger partial charge >= 0.3 is 0 Å². The van der Waals surface area contributed by atoms with Gasteiger partial charge in [0, 0.05) is 29.6 Å². The third-order valence-corrected chi connectivity index (χ3v) is 6.81. The highest BCUT2D eigenvalue weighted by molar-refractivity contribution is 7.15. The molecule has 1 unspecified atom stereocenters. The fourth-order valence-corrected chi connectivity index (χ4v) is 5.53. The van der Waals surface area contributed by atoms with Crippen LogP contribution in [-0.4, -0.2) is 58.5 Å². The molecule has 0 saturated carbocycles. The summed E-state index contributed by atoms with van der Waals surface area (Å²) in [5, 5.41) is 2.19. The Hall–Kier alpha value is -0.910. The number of aromatic nitrogens is 2. The lowest BCUT2D eigenvalue weighted by atomic mass is 9.78. The van der Waals surface area contributed by atoms with Crippen molar-refractivity contribution < 1.29 is 0 Å². The van der Waals surface area contributed by atoms with Gasteiger partial charge in [-0.05, 0) is 59.3 Å². The molecule has 2 aliphatic heterocycles. The van der Waals surface area contributed by atoms with Crippen LogP contribution in [0.15, 0.2) is 11.6 Å². The molecule has 2 fully saturated rings. The first kappa shape index (κ1) is 15.6. The Morgan fingerprint density at radius 3 is 2.83 bits per heavy atom. The lowest BCUT2D eigenvalue weighted by Crippen LogP contribution is -2.52. The average Bonchev–Trinajstić information content (AvgIpc) is 3.12. The van der Waals surface area contributed by atoms with E-state index in [-0.39, 0.29) is 5.41 Å².